The monoisotopic (exact) mass is 282 g/mol. The number of halogens is 1. The van der Waals surface area contributed by atoms with Crippen LogP contribution >= 0.6 is 11.6 Å². The fourth-order valence-corrected chi connectivity index (χ4v) is 1.76. The lowest BCUT2D eigenvalue weighted by Gasteiger charge is -2.11. The summed E-state index contributed by atoms with van der Waals surface area (Å²) in [4.78, 5) is 11.0. The Morgan fingerprint density at radius 2 is 2.26 bits per heavy atom. The lowest BCUT2D eigenvalue weighted by atomic mass is 10.2. The van der Waals surface area contributed by atoms with Crippen molar-refractivity contribution in [3.63, 3.8) is 0 Å². The van der Waals surface area contributed by atoms with E-state index in [-0.39, 0.29) is 5.82 Å². The van der Waals surface area contributed by atoms with Crippen LogP contribution in [0.2, 0.25) is 5.02 Å². The predicted molar refractivity (Wildman–Crippen MR) is 67.2 cm³/mol. The number of nitrogens with zero attached hydrogens (tertiary/aromatic N) is 4. The number of tetrazole rings is 1. The van der Waals surface area contributed by atoms with Gasteiger partial charge in [0, 0.05) is 5.02 Å². The summed E-state index contributed by atoms with van der Waals surface area (Å²) < 4.78 is 6.41. The molecule has 0 saturated heterocycles. The van der Waals surface area contributed by atoms with Gasteiger partial charge in [0.2, 0.25) is 0 Å². The van der Waals surface area contributed by atoms with Gasteiger partial charge in [-0.2, -0.15) is 0 Å². The average molecular weight is 283 g/mol. The van der Waals surface area contributed by atoms with Crippen LogP contribution in [-0.4, -0.2) is 38.4 Å². The number of carboxylic acid groups (broad SMARTS) is 1. The molecule has 1 heterocycles. The van der Waals surface area contributed by atoms with Gasteiger partial charge in [0.1, 0.15) is 5.75 Å². The molecule has 0 aliphatic carbocycles. The molecule has 8 heteroatoms. The number of aromatic nitrogens is 4. The lowest BCUT2D eigenvalue weighted by molar-refractivity contribution is -0.140. The third-order valence-electron chi connectivity index (χ3n) is 2.62. The zero-order valence-corrected chi connectivity index (χ0v) is 11.0. The Morgan fingerprint density at radius 3 is 2.89 bits per heavy atom. The van der Waals surface area contributed by atoms with E-state index in [0.717, 1.165) is 0 Å². The highest BCUT2D eigenvalue weighted by Gasteiger charge is 2.22. The molecule has 19 heavy (non-hydrogen) atoms. The van der Waals surface area contributed by atoms with Gasteiger partial charge in [-0.25, -0.2) is 9.48 Å². The summed E-state index contributed by atoms with van der Waals surface area (Å²) >= 11 is 5.94. The molecule has 2 rings (SSSR count). The number of hydrogen-bond donors (Lipinski definition) is 1. The molecule has 1 N–H and O–H groups in total. The summed E-state index contributed by atoms with van der Waals surface area (Å²) in [5, 5.41) is 20.6. The number of hydrogen-bond acceptors (Lipinski definition) is 5. The van der Waals surface area contributed by atoms with Crippen molar-refractivity contribution in [2.45, 2.75) is 13.0 Å². The molecule has 0 fully saturated rings. The van der Waals surface area contributed by atoms with Gasteiger partial charge < -0.3 is 9.84 Å². The quantitative estimate of drug-likeness (QED) is 0.917. The molecule has 0 aliphatic heterocycles. The van der Waals surface area contributed by atoms with E-state index in [1.807, 2.05) is 0 Å². The Balaban J connectivity index is 2.57. The molecule has 0 saturated carbocycles. The number of aliphatic carboxylic acids is 1. The molecule has 100 valence electrons. The van der Waals surface area contributed by atoms with Gasteiger partial charge in [0.05, 0.1) is 12.7 Å². The highest BCUT2D eigenvalue weighted by molar-refractivity contribution is 6.30. The number of carboxylic acids is 1. The Hall–Kier alpha value is -2.15. The number of rotatable bonds is 4. The molecule has 0 radical (unpaired) electrons. The Morgan fingerprint density at radius 1 is 1.53 bits per heavy atom. The third-order valence-corrected chi connectivity index (χ3v) is 2.85. The van der Waals surface area contributed by atoms with Gasteiger partial charge in [-0.15, -0.1) is 5.10 Å². The third kappa shape index (κ3) is 2.50. The number of benzene rings is 1. The van der Waals surface area contributed by atoms with Crippen molar-refractivity contribution in [1.29, 1.82) is 0 Å². The van der Waals surface area contributed by atoms with Crippen LogP contribution in [0.3, 0.4) is 0 Å². The fourth-order valence-electron chi connectivity index (χ4n) is 1.59. The predicted octanol–water partition coefficient (Wildman–Crippen LogP) is 1.65. The van der Waals surface area contributed by atoms with E-state index >= 15 is 0 Å². The second-order valence-electron chi connectivity index (χ2n) is 3.81. The SMILES string of the molecule is COc1ccc(Cl)cc1-c1nnnn1C(C)C(=O)O. The maximum Gasteiger partial charge on any atom is 0.328 e. The largest absolute Gasteiger partial charge is 0.496 e. The molecule has 0 amide bonds. The molecule has 2 aromatic rings. The second kappa shape index (κ2) is 5.23. The van der Waals surface area contributed by atoms with Gasteiger partial charge in [-0.05, 0) is 35.5 Å². The van der Waals surface area contributed by atoms with E-state index in [1.54, 1.807) is 18.2 Å². The smallest absolute Gasteiger partial charge is 0.328 e. The van der Waals surface area contributed by atoms with Crippen LogP contribution in [0.4, 0.5) is 0 Å². The van der Waals surface area contributed by atoms with Crippen molar-refractivity contribution < 1.29 is 14.6 Å². The molecule has 0 bridgehead atoms. The maximum absolute atomic E-state index is 11.0. The average Bonchev–Trinajstić information content (AvgIpc) is 2.86. The van der Waals surface area contributed by atoms with Crippen LogP contribution in [0.15, 0.2) is 18.2 Å². The molecular formula is C11H11ClN4O3. The van der Waals surface area contributed by atoms with Crippen molar-refractivity contribution in [2.24, 2.45) is 0 Å². The summed E-state index contributed by atoms with van der Waals surface area (Å²) in [5.74, 6) is -0.234. The Bertz CT molecular complexity index is 614. The zero-order chi connectivity index (χ0) is 14.0. The van der Waals surface area contributed by atoms with E-state index in [1.165, 1.54) is 18.7 Å². The first-order valence-corrected chi connectivity index (χ1v) is 5.77. The minimum absolute atomic E-state index is 0.286. The van der Waals surface area contributed by atoms with Gasteiger partial charge >= 0.3 is 5.97 Å². The summed E-state index contributed by atoms with van der Waals surface area (Å²) in [6, 6.07) is 4.06. The van der Waals surface area contributed by atoms with Crippen LogP contribution < -0.4 is 4.74 Å². The van der Waals surface area contributed by atoms with Crippen molar-refractivity contribution in [2.75, 3.05) is 7.11 Å². The summed E-state index contributed by atoms with van der Waals surface area (Å²) in [6.45, 7) is 1.49. The van der Waals surface area contributed by atoms with E-state index in [2.05, 4.69) is 15.5 Å². The van der Waals surface area contributed by atoms with E-state index in [0.29, 0.717) is 16.3 Å². The van der Waals surface area contributed by atoms with Crippen LogP contribution in [-0.2, 0) is 4.79 Å². The van der Waals surface area contributed by atoms with E-state index < -0.39 is 12.0 Å². The van der Waals surface area contributed by atoms with Crippen molar-refractivity contribution in [1.82, 2.24) is 20.2 Å². The van der Waals surface area contributed by atoms with Crippen LogP contribution in [0.5, 0.6) is 5.75 Å². The Labute approximate surface area is 113 Å². The Kier molecular flexibility index (Phi) is 3.66. The van der Waals surface area contributed by atoms with Crippen LogP contribution in [0.1, 0.15) is 13.0 Å². The highest BCUT2D eigenvalue weighted by atomic mass is 35.5. The fraction of sp³-hybridized carbons (Fsp3) is 0.273. The van der Waals surface area contributed by atoms with Crippen molar-refractivity contribution in [3.8, 4) is 17.1 Å². The van der Waals surface area contributed by atoms with Gasteiger partial charge in [0.15, 0.2) is 11.9 Å². The number of methoxy groups -OCH3 is 1. The molecule has 1 atom stereocenters. The molecule has 1 unspecified atom stereocenters. The first-order valence-electron chi connectivity index (χ1n) is 5.39. The number of ether oxygens (including phenoxy) is 1. The maximum atomic E-state index is 11.0. The highest BCUT2D eigenvalue weighted by Crippen LogP contribution is 2.31. The van der Waals surface area contributed by atoms with Gasteiger partial charge in [0.25, 0.3) is 0 Å². The molecule has 7 nitrogen and oxygen atoms in total. The first-order chi connectivity index (χ1) is 9.04. The summed E-state index contributed by atoms with van der Waals surface area (Å²) in [7, 11) is 1.50. The summed E-state index contributed by atoms with van der Waals surface area (Å²) in [5.41, 5.74) is 0.535. The summed E-state index contributed by atoms with van der Waals surface area (Å²) in [6.07, 6.45) is 0. The first kappa shape index (κ1) is 13.3. The van der Waals surface area contributed by atoms with Crippen molar-refractivity contribution in [3.05, 3.63) is 23.2 Å². The van der Waals surface area contributed by atoms with E-state index in [4.69, 9.17) is 21.4 Å². The second-order valence-corrected chi connectivity index (χ2v) is 4.24. The van der Waals surface area contributed by atoms with Gasteiger partial charge in [-0.1, -0.05) is 11.6 Å². The normalized spacial score (nSPS) is 12.2. The van der Waals surface area contributed by atoms with Gasteiger partial charge in [-0.3, -0.25) is 0 Å². The topological polar surface area (TPSA) is 90.1 Å². The molecule has 0 spiro atoms. The van der Waals surface area contributed by atoms with Crippen LogP contribution in [0, 0.1) is 0 Å². The number of carbonyl (C=O) groups is 1. The molecule has 1 aromatic heterocycles. The lowest BCUT2D eigenvalue weighted by Crippen LogP contribution is -2.18. The van der Waals surface area contributed by atoms with E-state index in [9.17, 15) is 4.79 Å². The van der Waals surface area contributed by atoms with Crippen molar-refractivity contribution >= 4 is 17.6 Å². The molecule has 0 aliphatic rings. The standard InChI is InChI=1S/C11H11ClN4O3/c1-6(11(17)18)16-10(13-14-15-16)8-5-7(12)3-4-9(8)19-2/h3-6H,1-2H3,(H,17,18). The minimum atomic E-state index is -1.03. The minimum Gasteiger partial charge on any atom is -0.496 e. The molecule has 1 aromatic carbocycles. The van der Waals surface area contributed by atoms with Crippen LogP contribution in [0.25, 0.3) is 11.4 Å². The molecular weight excluding hydrogens is 272 g/mol. The zero-order valence-electron chi connectivity index (χ0n) is 10.2.